The van der Waals surface area contributed by atoms with Gasteiger partial charge in [0.15, 0.2) is 0 Å². The number of carbonyl (C=O) groups is 3. The standard InChI is InChI=1S/C24H38O6/c1-6-28-23(27)12-17-7-8-18-19(11-17)22(30-16(4)26)13-24(5)20(9-10-21(18)24)14(2)29-15(3)25/h14,17-22H,6-13H2,1-5H3/t14?,17-,18-,19-,20-,21+,22-,24-/m1/s1. The van der Waals surface area contributed by atoms with Crippen molar-refractivity contribution in [3.8, 4) is 0 Å². The number of ether oxygens (including phenoxy) is 3. The van der Waals surface area contributed by atoms with Crippen molar-refractivity contribution in [2.45, 2.75) is 91.8 Å². The molecular weight excluding hydrogens is 384 g/mol. The molecule has 0 bridgehead atoms. The van der Waals surface area contributed by atoms with Crippen LogP contribution in [-0.2, 0) is 28.6 Å². The third-order valence-corrected chi connectivity index (χ3v) is 8.18. The van der Waals surface area contributed by atoms with Crippen LogP contribution in [0.4, 0.5) is 0 Å². The summed E-state index contributed by atoms with van der Waals surface area (Å²) < 4.78 is 16.6. The summed E-state index contributed by atoms with van der Waals surface area (Å²) in [5.41, 5.74) is -0.00979. The second-order valence-corrected chi connectivity index (χ2v) is 9.98. The van der Waals surface area contributed by atoms with Crippen molar-refractivity contribution in [3.05, 3.63) is 0 Å². The van der Waals surface area contributed by atoms with E-state index >= 15 is 0 Å². The molecule has 0 saturated heterocycles. The van der Waals surface area contributed by atoms with Crippen LogP contribution in [0.25, 0.3) is 0 Å². The molecule has 3 fully saturated rings. The summed E-state index contributed by atoms with van der Waals surface area (Å²) in [6, 6.07) is 0. The van der Waals surface area contributed by atoms with Gasteiger partial charge in [0.1, 0.15) is 12.2 Å². The second kappa shape index (κ2) is 9.27. The van der Waals surface area contributed by atoms with Gasteiger partial charge in [0, 0.05) is 26.2 Å². The van der Waals surface area contributed by atoms with E-state index in [1.54, 1.807) is 0 Å². The van der Waals surface area contributed by atoms with E-state index in [1.807, 2.05) is 13.8 Å². The van der Waals surface area contributed by atoms with E-state index in [4.69, 9.17) is 14.2 Å². The lowest BCUT2D eigenvalue weighted by Crippen LogP contribution is -2.53. The van der Waals surface area contributed by atoms with Crippen molar-refractivity contribution >= 4 is 17.9 Å². The van der Waals surface area contributed by atoms with Gasteiger partial charge in [-0.25, -0.2) is 0 Å². The minimum Gasteiger partial charge on any atom is -0.466 e. The molecule has 0 spiro atoms. The smallest absolute Gasteiger partial charge is 0.306 e. The first kappa shape index (κ1) is 23.1. The SMILES string of the molecule is CCOC(=O)C[C@@H]1CC[C@@H]2[C@@H](C1)[C@H](OC(C)=O)C[C@]1(C)[C@@H](C(C)OC(C)=O)CC[C@@H]21. The summed E-state index contributed by atoms with van der Waals surface area (Å²) in [7, 11) is 0. The molecule has 30 heavy (non-hydrogen) atoms. The van der Waals surface area contributed by atoms with Gasteiger partial charge < -0.3 is 14.2 Å². The number of hydrogen-bond acceptors (Lipinski definition) is 6. The monoisotopic (exact) mass is 422 g/mol. The highest BCUT2D eigenvalue weighted by atomic mass is 16.5. The maximum atomic E-state index is 12.0. The predicted molar refractivity (Wildman–Crippen MR) is 111 cm³/mol. The summed E-state index contributed by atoms with van der Waals surface area (Å²) >= 11 is 0. The number of fused-ring (bicyclic) bond motifs is 3. The zero-order chi connectivity index (χ0) is 22.1. The Morgan fingerprint density at radius 2 is 1.77 bits per heavy atom. The van der Waals surface area contributed by atoms with Crippen molar-refractivity contribution in [2.24, 2.45) is 35.0 Å². The zero-order valence-corrected chi connectivity index (χ0v) is 19.1. The molecule has 0 aliphatic heterocycles. The molecular formula is C24H38O6. The topological polar surface area (TPSA) is 78.9 Å². The Bertz CT molecular complexity index is 660. The Balaban J connectivity index is 1.79. The van der Waals surface area contributed by atoms with Crippen LogP contribution in [0, 0.1) is 35.0 Å². The quantitative estimate of drug-likeness (QED) is 0.469. The minimum atomic E-state index is -0.240. The molecule has 6 heteroatoms. The fourth-order valence-electron chi connectivity index (χ4n) is 7.23. The Morgan fingerprint density at radius 1 is 1.03 bits per heavy atom. The molecule has 0 N–H and O–H groups in total. The Kier molecular flexibility index (Phi) is 7.13. The highest BCUT2D eigenvalue weighted by Crippen LogP contribution is 2.63. The maximum absolute atomic E-state index is 12.0. The zero-order valence-electron chi connectivity index (χ0n) is 19.1. The molecule has 0 radical (unpaired) electrons. The van der Waals surface area contributed by atoms with Gasteiger partial charge in [-0.2, -0.15) is 0 Å². The third-order valence-electron chi connectivity index (χ3n) is 8.18. The normalized spacial score (nSPS) is 38.7. The van der Waals surface area contributed by atoms with Gasteiger partial charge in [0.05, 0.1) is 6.61 Å². The first-order valence-electron chi connectivity index (χ1n) is 11.7. The molecule has 0 aromatic carbocycles. The van der Waals surface area contributed by atoms with Crippen LogP contribution in [0.15, 0.2) is 0 Å². The summed E-state index contributed by atoms with van der Waals surface area (Å²) in [6.07, 6.45) is 6.15. The Hall–Kier alpha value is -1.59. The van der Waals surface area contributed by atoms with Gasteiger partial charge in [-0.3, -0.25) is 14.4 Å². The van der Waals surface area contributed by atoms with Crippen LogP contribution in [0.1, 0.15) is 79.6 Å². The molecule has 6 nitrogen and oxygen atoms in total. The summed E-state index contributed by atoms with van der Waals surface area (Å²) in [5.74, 6) is 1.30. The third kappa shape index (κ3) is 4.67. The van der Waals surface area contributed by atoms with Crippen molar-refractivity contribution < 1.29 is 28.6 Å². The van der Waals surface area contributed by atoms with E-state index in [9.17, 15) is 14.4 Å². The van der Waals surface area contributed by atoms with E-state index in [2.05, 4.69) is 6.92 Å². The van der Waals surface area contributed by atoms with Crippen LogP contribution >= 0.6 is 0 Å². The highest BCUT2D eigenvalue weighted by Gasteiger charge is 2.59. The van der Waals surface area contributed by atoms with Gasteiger partial charge >= 0.3 is 17.9 Å². The van der Waals surface area contributed by atoms with Crippen molar-refractivity contribution in [2.75, 3.05) is 6.61 Å². The van der Waals surface area contributed by atoms with Crippen LogP contribution in [0.3, 0.4) is 0 Å². The van der Waals surface area contributed by atoms with Gasteiger partial charge in [0.25, 0.3) is 0 Å². The van der Waals surface area contributed by atoms with E-state index in [1.165, 1.54) is 13.8 Å². The average Bonchev–Trinajstić information content (AvgIpc) is 2.98. The van der Waals surface area contributed by atoms with Crippen molar-refractivity contribution in [1.29, 1.82) is 0 Å². The fourth-order valence-corrected chi connectivity index (χ4v) is 7.23. The lowest BCUT2D eigenvalue weighted by molar-refractivity contribution is -0.172. The summed E-state index contributed by atoms with van der Waals surface area (Å²) in [5, 5.41) is 0. The molecule has 3 saturated carbocycles. The molecule has 3 rings (SSSR count). The first-order chi connectivity index (χ1) is 14.2. The second-order valence-electron chi connectivity index (χ2n) is 9.98. The number of esters is 3. The van der Waals surface area contributed by atoms with Crippen LogP contribution in [0.2, 0.25) is 0 Å². The number of rotatable bonds is 6. The van der Waals surface area contributed by atoms with Crippen LogP contribution < -0.4 is 0 Å². The first-order valence-corrected chi connectivity index (χ1v) is 11.7. The molecule has 3 aliphatic carbocycles. The molecule has 0 aromatic rings. The highest BCUT2D eigenvalue weighted by molar-refractivity contribution is 5.69. The minimum absolute atomic E-state index is 0.00979. The van der Waals surface area contributed by atoms with Gasteiger partial charge in [-0.1, -0.05) is 6.92 Å². The predicted octanol–water partition coefficient (Wildman–Crippen LogP) is 4.29. The van der Waals surface area contributed by atoms with Crippen LogP contribution in [-0.4, -0.2) is 36.7 Å². The largest absolute Gasteiger partial charge is 0.466 e. The van der Waals surface area contributed by atoms with Crippen molar-refractivity contribution in [3.63, 3.8) is 0 Å². The van der Waals surface area contributed by atoms with Gasteiger partial charge in [-0.05, 0) is 81.5 Å². The van der Waals surface area contributed by atoms with E-state index in [0.29, 0.717) is 36.7 Å². The number of carbonyl (C=O) groups excluding carboxylic acids is 3. The van der Waals surface area contributed by atoms with E-state index in [-0.39, 0.29) is 41.4 Å². The maximum Gasteiger partial charge on any atom is 0.306 e. The van der Waals surface area contributed by atoms with E-state index < -0.39 is 0 Å². The van der Waals surface area contributed by atoms with Crippen LogP contribution in [0.5, 0.6) is 0 Å². The molecule has 0 amide bonds. The molecule has 8 atom stereocenters. The summed E-state index contributed by atoms with van der Waals surface area (Å²) in [4.78, 5) is 35.5. The Labute approximate surface area is 180 Å². The molecule has 0 aromatic heterocycles. The lowest BCUT2D eigenvalue weighted by atomic mass is 9.52. The van der Waals surface area contributed by atoms with E-state index in [0.717, 1.165) is 38.5 Å². The lowest BCUT2D eigenvalue weighted by Gasteiger charge is -2.55. The molecule has 1 unspecified atom stereocenters. The van der Waals surface area contributed by atoms with Gasteiger partial charge in [-0.15, -0.1) is 0 Å². The molecule has 3 aliphatic rings. The average molecular weight is 423 g/mol. The molecule has 0 heterocycles. The van der Waals surface area contributed by atoms with Crippen molar-refractivity contribution in [1.82, 2.24) is 0 Å². The summed E-state index contributed by atoms with van der Waals surface area (Å²) in [6.45, 7) is 9.51. The molecule has 170 valence electrons. The number of hydrogen-bond donors (Lipinski definition) is 0. The fraction of sp³-hybridized carbons (Fsp3) is 0.875. The van der Waals surface area contributed by atoms with Gasteiger partial charge in [0.2, 0.25) is 0 Å². The Morgan fingerprint density at radius 3 is 2.40 bits per heavy atom.